The topological polar surface area (TPSA) is 69.6 Å². The quantitative estimate of drug-likeness (QED) is 0.758. The molecule has 0 saturated carbocycles. The van der Waals surface area contributed by atoms with Gasteiger partial charge in [-0.1, -0.05) is 0 Å². The molecule has 2 aromatic heterocycles. The molecule has 0 unspecified atom stereocenters. The van der Waals surface area contributed by atoms with Gasteiger partial charge in [0.15, 0.2) is 0 Å². The van der Waals surface area contributed by atoms with E-state index in [1.165, 1.54) is 0 Å². The molecular weight excluding hydrogens is 202 g/mol. The van der Waals surface area contributed by atoms with Crippen LogP contribution in [0.3, 0.4) is 0 Å². The van der Waals surface area contributed by atoms with Crippen LogP contribution in [0.4, 0.5) is 0 Å². The predicted octanol–water partition coefficient (Wildman–Crippen LogP) is 0.663. The largest absolute Gasteiger partial charge is 0.326 e. The van der Waals surface area contributed by atoms with Gasteiger partial charge in [0.2, 0.25) is 0 Å². The van der Waals surface area contributed by atoms with Gasteiger partial charge >= 0.3 is 0 Å². The van der Waals surface area contributed by atoms with Crippen LogP contribution < -0.4 is 5.73 Å². The molecule has 3 heterocycles. The maximum absolute atomic E-state index is 5.66. The van der Waals surface area contributed by atoms with Crippen molar-refractivity contribution in [3.05, 3.63) is 29.7 Å². The minimum atomic E-state index is 0.474. The van der Waals surface area contributed by atoms with Crippen molar-refractivity contribution in [2.75, 3.05) is 0 Å². The van der Waals surface area contributed by atoms with Gasteiger partial charge in [-0.3, -0.25) is 0 Å². The van der Waals surface area contributed by atoms with E-state index in [0.29, 0.717) is 6.54 Å². The highest BCUT2D eigenvalue weighted by Gasteiger charge is 2.21. The number of nitrogens with two attached hydrogens (primary N) is 1. The molecule has 0 fully saturated rings. The van der Waals surface area contributed by atoms with Crippen molar-refractivity contribution in [2.45, 2.75) is 26.4 Å². The van der Waals surface area contributed by atoms with Crippen molar-refractivity contribution >= 4 is 0 Å². The molecule has 0 bridgehead atoms. The highest BCUT2D eigenvalue weighted by molar-refractivity contribution is 5.66. The minimum Gasteiger partial charge on any atom is -0.326 e. The van der Waals surface area contributed by atoms with Gasteiger partial charge in [-0.15, -0.1) is 0 Å². The van der Waals surface area contributed by atoms with E-state index >= 15 is 0 Å². The molecule has 0 saturated heterocycles. The standard InChI is InChI=1S/C11H13N5/c1-7-11-8(15-6-14-7)2-3-16-9(11)5-13-10(16)4-12/h5-6H,2-4,12H2,1H3. The maximum Gasteiger partial charge on any atom is 0.122 e. The van der Waals surface area contributed by atoms with E-state index in [-0.39, 0.29) is 0 Å². The van der Waals surface area contributed by atoms with Crippen molar-refractivity contribution in [1.29, 1.82) is 0 Å². The van der Waals surface area contributed by atoms with Crippen molar-refractivity contribution in [3.8, 4) is 11.3 Å². The molecule has 1 aliphatic heterocycles. The molecule has 5 nitrogen and oxygen atoms in total. The average molecular weight is 215 g/mol. The molecule has 0 amide bonds. The lowest BCUT2D eigenvalue weighted by Gasteiger charge is -2.20. The molecule has 0 spiro atoms. The van der Waals surface area contributed by atoms with Gasteiger partial charge < -0.3 is 10.3 Å². The normalized spacial score (nSPS) is 13.4. The van der Waals surface area contributed by atoms with Gasteiger partial charge in [0.1, 0.15) is 12.2 Å². The van der Waals surface area contributed by atoms with Crippen LogP contribution in [0.15, 0.2) is 12.5 Å². The molecule has 16 heavy (non-hydrogen) atoms. The summed E-state index contributed by atoms with van der Waals surface area (Å²) in [5.74, 6) is 0.934. The first kappa shape index (κ1) is 9.47. The number of aromatic nitrogens is 4. The number of hydrogen-bond donors (Lipinski definition) is 1. The highest BCUT2D eigenvalue weighted by atomic mass is 15.1. The number of aryl methyl sites for hydroxylation is 2. The Balaban J connectivity index is 2.26. The lowest BCUT2D eigenvalue weighted by atomic mass is 10.0. The summed E-state index contributed by atoms with van der Waals surface area (Å²) in [5, 5.41) is 0. The van der Waals surface area contributed by atoms with Gasteiger partial charge in [0, 0.05) is 18.5 Å². The smallest absolute Gasteiger partial charge is 0.122 e. The van der Waals surface area contributed by atoms with Crippen molar-refractivity contribution in [1.82, 2.24) is 19.5 Å². The fourth-order valence-electron chi connectivity index (χ4n) is 2.29. The summed E-state index contributed by atoms with van der Waals surface area (Å²) in [4.78, 5) is 12.9. The van der Waals surface area contributed by atoms with Crippen LogP contribution in [0.5, 0.6) is 0 Å². The van der Waals surface area contributed by atoms with Gasteiger partial charge in [-0.05, 0) is 6.92 Å². The van der Waals surface area contributed by atoms with Crippen molar-refractivity contribution < 1.29 is 0 Å². The molecule has 0 aromatic carbocycles. The van der Waals surface area contributed by atoms with Gasteiger partial charge in [0.05, 0.1) is 29.8 Å². The zero-order valence-corrected chi connectivity index (χ0v) is 9.14. The summed E-state index contributed by atoms with van der Waals surface area (Å²) in [7, 11) is 0. The first-order valence-electron chi connectivity index (χ1n) is 5.36. The summed E-state index contributed by atoms with van der Waals surface area (Å²) in [5.41, 5.74) is 10.0. The van der Waals surface area contributed by atoms with Crippen molar-refractivity contribution in [2.24, 2.45) is 5.73 Å². The molecule has 0 aliphatic carbocycles. The van der Waals surface area contributed by atoms with Gasteiger partial charge in [-0.25, -0.2) is 15.0 Å². The van der Waals surface area contributed by atoms with E-state index < -0.39 is 0 Å². The fraction of sp³-hybridized carbons (Fsp3) is 0.364. The lowest BCUT2D eigenvalue weighted by Crippen LogP contribution is -2.17. The summed E-state index contributed by atoms with van der Waals surface area (Å²) in [6, 6.07) is 0. The number of nitrogens with zero attached hydrogens (tertiary/aromatic N) is 4. The van der Waals surface area contributed by atoms with Crippen LogP contribution in [0.1, 0.15) is 17.2 Å². The number of hydrogen-bond acceptors (Lipinski definition) is 4. The van der Waals surface area contributed by atoms with E-state index in [9.17, 15) is 0 Å². The average Bonchev–Trinajstić information content (AvgIpc) is 2.72. The van der Waals surface area contributed by atoms with E-state index in [2.05, 4.69) is 19.5 Å². The molecule has 3 rings (SSSR count). The third-order valence-corrected chi connectivity index (χ3v) is 3.06. The summed E-state index contributed by atoms with van der Waals surface area (Å²) >= 11 is 0. The Morgan fingerprint density at radius 3 is 3.06 bits per heavy atom. The molecular formula is C11H13N5. The summed E-state index contributed by atoms with van der Waals surface area (Å²) in [6.45, 7) is 3.39. The van der Waals surface area contributed by atoms with E-state index in [4.69, 9.17) is 5.73 Å². The predicted molar refractivity (Wildman–Crippen MR) is 59.6 cm³/mol. The van der Waals surface area contributed by atoms with Crippen molar-refractivity contribution in [3.63, 3.8) is 0 Å². The fourth-order valence-corrected chi connectivity index (χ4v) is 2.29. The monoisotopic (exact) mass is 215 g/mol. The van der Waals surface area contributed by atoms with Gasteiger partial charge in [-0.2, -0.15) is 0 Å². The number of fused-ring (bicyclic) bond motifs is 3. The second-order valence-corrected chi connectivity index (χ2v) is 3.95. The third-order valence-electron chi connectivity index (χ3n) is 3.06. The Bertz CT molecular complexity index is 543. The maximum atomic E-state index is 5.66. The number of rotatable bonds is 1. The molecule has 2 aromatic rings. The Kier molecular flexibility index (Phi) is 2.00. The zero-order valence-electron chi connectivity index (χ0n) is 9.14. The summed E-state index contributed by atoms with van der Waals surface area (Å²) in [6.07, 6.45) is 4.43. The molecule has 1 aliphatic rings. The highest BCUT2D eigenvalue weighted by Crippen LogP contribution is 2.30. The first-order chi connectivity index (χ1) is 7.81. The second-order valence-electron chi connectivity index (χ2n) is 3.95. The Labute approximate surface area is 93.4 Å². The van der Waals surface area contributed by atoms with E-state index in [1.54, 1.807) is 6.33 Å². The Morgan fingerprint density at radius 1 is 1.38 bits per heavy atom. The van der Waals surface area contributed by atoms with Crippen LogP contribution in [0.25, 0.3) is 11.3 Å². The summed E-state index contributed by atoms with van der Waals surface area (Å²) < 4.78 is 2.17. The Morgan fingerprint density at radius 2 is 2.25 bits per heavy atom. The van der Waals surface area contributed by atoms with Gasteiger partial charge in [0.25, 0.3) is 0 Å². The minimum absolute atomic E-state index is 0.474. The Hall–Kier alpha value is -1.75. The second kappa shape index (κ2) is 3.38. The molecule has 5 heteroatoms. The van der Waals surface area contributed by atoms with Crippen LogP contribution in [-0.2, 0) is 19.5 Å². The molecule has 0 radical (unpaired) electrons. The first-order valence-corrected chi connectivity index (χ1v) is 5.36. The van der Waals surface area contributed by atoms with Crippen LogP contribution in [0, 0.1) is 6.92 Å². The van der Waals surface area contributed by atoms with Crippen LogP contribution >= 0.6 is 0 Å². The molecule has 0 atom stereocenters. The van der Waals surface area contributed by atoms with E-state index in [0.717, 1.165) is 41.4 Å². The lowest BCUT2D eigenvalue weighted by molar-refractivity contribution is 0.631. The zero-order chi connectivity index (χ0) is 11.1. The molecule has 2 N–H and O–H groups in total. The van der Waals surface area contributed by atoms with E-state index in [1.807, 2.05) is 13.1 Å². The SMILES string of the molecule is Cc1ncnc2c1-c1cnc(CN)n1CC2. The third kappa shape index (κ3) is 1.18. The van der Waals surface area contributed by atoms with Crippen LogP contribution in [-0.4, -0.2) is 19.5 Å². The molecule has 82 valence electrons. The number of imidazole rings is 1. The van der Waals surface area contributed by atoms with Crippen LogP contribution in [0.2, 0.25) is 0 Å².